The molecule has 0 unspecified atom stereocenters. The number of nitrogens with zero attached hydrogens (tertiary/aromatic N) is 4. The summed E-state index contributed by atoms with van der Waals surface area (Å²) in [7, 11) is 0. The van der Waals surface area contributed by atoms with E-state index in [0.29, 0.717) is 18.7 Å². The van der Waals surface area contributed by atoms with Gasteiger partial charge in [-0.15, -0.1) is 0 Å². The van der Waals surface area contributed by atoms with E-state index in [0.717, 1.165) is 22.6 Å². The number of carbonyl (C=O) groups is 1. The Labute approximate surface area is 117 Å². The van der Waals surface area contributed by atoms with Gasteiger partial charge in [0.25, 0.3) is 5.91 Å². The van der Waals surface area contributed by atoms with Gasteiger partial charge in [-0.05, 0) is 38.0 Å². The predicted octanol–water partition coefficient (Wildman–Crippen LogP) is 1.95. The fraction of sp³-hybridized carbons (Fsp3) is 0.333. The largest absolute Gasteiger partial charge is 0.330 e. The highest BCUT2D eigenvalue weighted by Gasteiger charge is 2.27. The summed E-state index contributed by atoms with van der Waals surface area (Å²) in [6, 6.07) is 2.05. The van der Waals surface area contributed by atoms with Crippen molar-refractivity contribution in [2.24, 2.45) is 0 Å². The molecule has 5 nitrogen and oxygen atoms in total. The average molecular weight is 268 g/mol. The lowest BCUT2D eigenvalue weighted by Gasteiger charge is -2.17. The van der Waals surface area contributed by atoms with Crippen LogP contribution in [0.5, 0.6) is 0 Å². The fourth-order valence-corrected chi connectivity index (χ4v) is 2.61. The molecule has 5 heteroatoms. The first-order valence-corrected chi connectivity index (χ1v) is 6.58. The fourth-order valence-electron chi connectivity index (χ4n) is 2.61. The second-order valence-electron chi connectivity index (χ2n) is 5.18. The van der Waals surface area contributed by atoms with Gasteiger partial charge in [0.15, 0.2) is 0 Å². The maximum atomic E-state index is 12.7. The number of hydrogen-bond donors (Lipinski definition) is 0. The van der Waals surface area contributed by atoms with Gasteiger partial charge in [-0.1, -0.05) is 0 Å². The SMILES string of the molecule is Cc1cc2c(cn1)CN(C(=O)c1c(C)ncnc1C)C2. The Morgan fingerprint density at radius 1 is 1.05 bits per heavy atom. The summed E-state index contributed by atoms with van der Waals surface area (Å²) in [6.07, 6.45) is 3.35. The van der Waals surface area contributed by atoms with Crippen LogP contribution in [0.4, 0.5) is 0 Å². The molecular weight excluding hydrogens is 252 g/mol. The molecule has 1 aliphatic heterocycles. The highest BCUT2D eigenvalue weighted by molar-refractivity contribution is 5.96. The van der Waals surface area contributed by atoms with Crippen LogP contribution in [0.15, 0.2) is 18.6 Å². The van der Waals surface area contributed by atoms with E-state index in [4.69, 9.17) is 0 Å². The summed E-state index contributed by atoms with van der Waals surface area (Å²) in [5.41, 5.74) is 5.35. The molecule has 20 heavy (non-hydrogen) atoms. The summed E-state index contributed by atoms with van der Waals surface area (Å²) in [6.45, 7) is 6.89. The van der Waals surface area contributed by atoms with E-state index in [1.807, 2.05) is 37.9 Å². The lowest BCUT2D eigenvalue weighted by atomic mass is 10.1. The highest BCUT2D eigenvalue weighted by Crippen LogP contribution is 2.25. The van der Waals surface area contributed by atoms with Gasteiger partial charge in [-0.2, -0.15) is 0 Å². The van der Waals surface area contributed by atoms with E-state index >= 15 is 0 Å². The lowest BCUT2D eigenvalue weighted by Crippen LogP contribution is -2.27. The van der Waals surface area contributed by atoms with Gasteiger partial charge in [-0.3, -0.25) is 9.78 Å². The van der Waals surface area contributed by atoms with Crippen LogP contribution >= 0.6 is 0 Å². The van der Waals surface area contributed by atoms with Crippen LogP contribution in [0.1, 0.15) is 38.6 Å². The Kier molecular flexibility index (Phi) is 2.97. The van der Waals surface area contributed by atoms with E-state index < -0.39 is 0 Å². The van der Waals surface area contributed by atoms with Crippen molar-refractivity contribution in [2.75, 3.05) is 0 Å². The molecule has 3 rings (SSSR count). The number of carbonyl (C=O) groups excluding carboxylic acids is 1. The summed E-state index contributed by atoms with van der Waals surface area (Å²) < 4.78 is 0. The maximum absolute atomic E-state index is 12.7. The van der Waals surface area contributed by atoms with Crippen molar-refractivity contribution in [1.29, 1.82) is 0 Å². The van der Waals surface area contributed by atoms with E-state index in [1.165, 1.54) is 11.9 Å². The second-order valence-corrected chi connectivity index (χ2v) is 5.18. The zero-order valence-electron chi connectivity index (χ0n) is 11.8. The Morgan fingerprint density at radius 2 is 1.70 bits per heavy atom. The topological polar surface area (TPSA) is 59.0 Å². The van der Waals surface area contributed by atoms with Gasteiger partial charge in [0.2, 0.25) is 0 Å². The van der Waals surface area contributed by atoms with Crippen LogP contribution in [0.2, 0.25) is 0 Å². The van der Waals surface area contributed by atoms with Crippen LogP contribution < -0.4 is 0 Å². The Hall–Kier alpha value is -2.30. The molecule has 0 bridgehead atoms. The first-order chi connectivity index (χ1) is 9.56. The molecule has 0 fully saturated rings. The number of hydrogen-bond acceptors (Lipinski definition) is 4. The number of aryl methyl sites for hydroxylation is 3. The minimum atomic E-state index is -0.00514. The van der Waals surface area contributed by atoms with Crippen molar-refractivity contribution in [3.8, 4) is 0 Å². The molecule has 0 N–H and O–H groups in total. The van der Waals surface area contributed by atoms with Crippen LogP contribution in [0.25, 0.3) is 0 Å². The predicted molar refractivity (Wildman–Crippen MR) is 74.1 cm³/mol. The molecule has 1 amide bonds. The third-order valence-electron chi connectivity index (χ3n) is 3.67. The Balaban J connectivity index is 1.91. The van der Waals surface area contributed by atoms with Crippen molar-refractivity contribution in [3.05, 3.63) is 52.4 Å². The normalized spacial score (nSPS) is 13.4. The van der Waals surface area contributed by atoms with Gasteiger partial charge in [0, 0.05) is 25.0 Å². The zero-order chi connectivity index (χ0) is 14.3. The van der Waals surface area contributed by atoms with Crippen molar-refractivity contribution in [3.63, 3.8) is 0 Å². The molecule has 0 saturated carbocycles. The molecule has 0 radical (unpaired) electrons. The molecule has 2 aromatic rings. The van der Waals surface area contributed by atoms with Crippen LogP contribution in [-0.4, -0.2) is 25.8 Å². The monoisotopic (exact) mass is 268 g/mol. The number of rotatable bonds is 1. The molecule has 0 atom stereocenters. The van der Waals surface area contributed by atoms with E-state index in [9.17, 15) is 4.79 Å². The number of pyridine rings is 1. The molecule has 0 spiro atoms. The van der Waals surface area contributed by atoms with Crippen LogP contribution in [0.3, 0.4) is 0 Å². The number of fused-ring (bicyclic) bond motifs is 1. The minimum absolute atomic E-state index is 0.00514. The summed E-state index contributed by atoms with van der Waals surface area (Å²) >= 11 is 0. The zero-order valence-corrected chi connectivity index (χ0v) is 11.8. The van der Waals surface area contributed by atoms with Crippen LogP contribution in [0, 0.1) is 20.8 Å². The first-order valence-electron chi connectivity index (χ1n) is 6.58. The quantitative estimate of drug-likeness (QED) is 0.793. The van der Waals surface area contributed by atoms with Crippen molar-refractivity contribution >= 4 is 5.91 Å². The molecule has 2 aromatic heterocycles. The van der Waals surface area contributed by atoms with Gasteiger partial charge in [0.05, 0.1) is 17.0 Å². The third kappa shape index (κ3) is 2.05. The second kappa shape index (κ2) is 4.67. The van der Waals surface area contributed by atoms with Crippen molar-refractivity contribution in [2.45, 2.75) is 33.9 Å². The molecule has 0 aliphatic carbocycles. The first kappa shape index (κ1) is 12.7. The van der Waals surface area contributed by atoms with Gasteiger partial charge in [-0.25, -0.2) is 9.97 Å². The van der Waals surface area contributed by atoms with E-state index in [1.54, 1.807) is 0 Å². The minimum Gasteiger partial charge on any atom is -0.330 e. The summed E-state index contributed by atoms with van der Waals surface area (Å²) in [5.74, 6) is -0.00514. The Morgan fingerprint density at radius 3 is 2.40 bits per heavy atom. The summed E-state index contributed by atoms with van der Waals surface area (Å²) in [5, 5.41) is 0. The van der Waals surface area contributed by atoms with E-state index in [2.05, 4.69) is 15.0 Å². The smallest absolute Gasteiger partial charge is 0.258 e. The van der Waals surface area contributed by atoms with Crippen LogP contribution in [-0.2, 0) is 13.1 Å². The Bertz CT molecular complexity index is 676. The maximum Gasteiger partial charge on any atom is 0.258 e. The van der Waals surface area contributed by atoms with Crippen molar-refractivity contribution < 1.29 is 4.79 Å². The van der Waals surface area contributed by atoms with Gasteiger partial charge in [0.1, 0.15) is 6.33 Å². The van der Waals surface area contributed by atoms with Gasteiger partial charge < -0.3 is 4.90 Å². The van der Waals surface area contributed by atoms with Gasteiger partial charge >= 0.3 is 0 Å². The number of aromatic nitrogens is 3. The molecule has 3 heterocycles. The molecule has 0 saturated heterocycles. The van der Waals surface area contributed by atoms with E-state index in [-0.39, 0.29) is 5.91 Å². The molecular formula is C15H16N4O. The molecule has 1 aliphatic rings. The van der Waals surface area contributed by atoms with Crippen molar-refractivity contribution in [1.82, 2.24) is 19.9 Å². The summed E-state index contributed by atoms with van der Waals surface area (Å²) in [4.78, 5) is 27.0. The molecule has 102 valence electrons. The lowest BCUT2D eigenvalue weighted by molar-refractivity contribution is 0.0748. The molecule has 0 aromatic carbocycles. The number of amides is 1. The highest BCUT2D eigenvalue weighted by atomic mass is 16.2. The average Bonchev–Trinajstić information content (AvgIpc) is 2.81. The third-order valence-corrected chi connectivity index (χ3v) is 3.67. The standard InChI is InChI=1S/C15H16N4O/c1-9-4-12-6-19(7-13(12)5-16-9)15(20)14-10(2)17-8-18-11(14)3/h4-5,8H,6-7H2,1-3H3.